The number of nitrogens with zero attached hydrogens (tertiary/aromatic N) is 2. The summed E-state index contributed by atoms with van der Waals surface area (Å²) in [4.78, 5) is 25.3. The molecule has 148 valence electrons. The Morgan fingerprint density at radius 2 is 1.86 bits per heavy atom. The van der Waals surface area contributed by atoms with Gasteiger partial charge in [-0.15, -0.1) is 10.5 Å². The predicted molar refractivity (Wildman–Crippen MR) is 104 cm³/mol. The highest BCUT2D eigenvalue weighted by Crippen LogP contribution is 2.22. The van der Waals surface area contributed by atoms with Gasteiger partial charge in [0.15, 0.2) is 5.78 Å². The highest BCUT2D eigenvalue weighted by molar-refractivity contribution is 6.30. The van der Waals surface area contributed by atoms with Crippen LogP contribution >= 0.6 is 11.6 Å². The molecule has 0 unspecified atom stereocenters. The molecule has 29 heavy (non-hydrogen) atoms. The number of carbonyl (C=O) groups is 2. The number of amidine groups is 1. The molecule has 7 nitrogen and oxygen atoms in total. The van der Waals surface area contributed by atoms with Gasteiger partial charge < -0.3 is 29.1 Å². The SMILES string of the molecule is O=C1C=CCC=C1C1=[NH+]N(c2ccc(Cl)cc2)N(C(=O)c2ccccc2O)N1.[I-]. The maximum Gasteiger partial charge on any atom is 0.329 e. The van der Waals surface area contributed by atoms with Gasteiger partial charge in [-0.1, -0.05) is 41.0 Å². The summed E-state index contributed by atoms with van der Waals surface area (Å²) in [6.07, 6.45) is 5.64. The number of hydrazine groups is 3. The average Bonchev–Trinajstić information content (AvgIpc) is 3.14. The first-order chi connectivity index (χ1) is 13.5. The summed E-state index contributed by atoms with van der Waals surface area (Å²) >= 11 is 5.97. The van der Waals surface area contributed by atoms with Gasteiger partial charge in [0, 0.05) is 5.02 Å². The van der Waals surface area contributed by atoms with Crippen molar-refractivity contribution >= 4 is 34.8 Å². The summed E-state index contributed by atoms with van der Waals surface area (Å²) in [5.74, 6) is -0.452. The first-order valence-electron chi connectivity index (χ1n) is 8.54. The summed E-state index contributed by atoms with van der Waals surface area (Å²) in [5, 5.41) is 16.3. The van der Waals surface area contributed by atoms with Gasteiger partial charge in [-0.3, -0.25) is 9.59 Å². The number of hydrazone groups is 1. The first kappa shape index (κ1) is 20.9. The summed E-state index contributed by atoms with van der Waals surface area (Å²) in [6, 6.07) is 13.1. The number of allylic oxidation sites excluding steroid dienone is 3. The van der Waals surface area contributed by atoms with Crippen LogP contribution < -0.4 is 39.6 Å². The maximum absolute atomic E-state index is 13.1. The molecular formula is C20H16ClIN4O3. The highest BCUT2D eigenvalue weighted by Gasteiger charge is 2.40. The standard InChI is InChI=1S/C20H15ClN4O3.HI/c21-13-9-11-14(12-10-13)24-22-19(15-5-1-3-7-17(15)26)23-25(24)20(28)16-6-2-4-8-18(16)27;/h2-12,27H,1H2,(H,22,23);1H. The van der Waals surface area contributed by atoms with Crippen LogP contribution in [0.1, 0.15) is 16.8 Å². The number of phenolic OH excluding ortho intramolecular Hbond substituents is 1. The molecule has 0 saturated carbocycles. The van der Waals surface area contributed by atoms with Crippen molar-refractivity contribution in [1.82, 2.24) is 10.5 Å². The zero-order valence-electron chi connectivity index (χ0n) is 15.0. The third kappa shape index (κ3) is 4.13. The number of benzene rings is 2. The van der Waals surface area contributed by atoms with Crippen LogP contribution in [0.4, 0.5) is 5.69 Å². The third-order valence-corrected chi connectivity index (χ3v) is 4.55. The van der Waals surface area contributed by atoms with Crippen LogP contribution in [-0.4, -0.2) is 27.8 Å². The van der Waals surface area contributed by atoms with Crippen LogP contribution in [-0.2, 0) is 4.79 Å². The quantitative estimate of drug-likeness (QED) is 0.418. The molecule has 9 heteroatoms. The van der Waals surface area contributed by atoms with E-state index in [9.17, 15) is 14.7 Å². The number of halogens is 2. The number of rotatable bonds is 3. The molecule has 2 aliphatic rings. The van der Waals surface area contributed by atoms with E-state index in [0.29, 0.717) is 28.5 Å². The van der Waals surface area contributed by atoms with E-state index in [0.717, 1.165) is 0 Å². The highest BCUT2D eigenvalue weighted by atomic mass is 127. The van der Waals surface area contributed by atoms with E-state index < -0.39 is 5.91 Å². The van der Waals surface area contributed by atoms with Crippen molar-refractivity contribution in [2.45, 2.75) is 6.42 Å². The molecule has 1 aliphatic heterocycles. The van der Waals surface area contributed by atoms with E-state index in [4.69, 9.17) is 11.6 Å². The van der Waals surface area contributed by atoms with E-state index >= 15 is 0 Å². The van der Waals surface area contributed by atoms with Crippen LogP contribution in [0.5, 0.6) is 5.75 Å². The lowest BCUT2D eigenvalue weighted by Crippen LogP contribution is -3.00. The van der Waals surface area contributed by atoms with Crippen LogP contribution in [0, 0.1) is 0 Å². The molecule has 4 rings (SSSR count). The van der Waals surface area contributed by atoms with Gasteiger partial charge in [0.05, 0.1) is 5.56 Å². The van der Waals surface area contributed by atoms with Gasteiger partial charge in [0.1, 0.15) is 17.0 Å². The zero-order chi connectivity index (χ0) is 19.7. The molecule has 1 aliphatic carbocycles. The van der Waals surface area contributed by atoms with Crippen LogP contribution in [0.2, 0.25) is 5.02 Å². The molecule has 2 aromatic carbocycles. The fourth-order valence-electron chi connectivity index (χ4n) is 2.91. The summed E-state index contributed by atoms with van der Waals surface area (Å²) in [7, 11) is 0. The number of nitrogens with one attached hydrogen (secondary N) is 2. The van der Waals surface area contributed by atoms with Crippen molar-refractivity contribution in [2.75, 3.05) is 5.12 Å². The molecule has 0 spiro atoms. The molecule has 2 aromatic rings. The van der Waals surface area contributed by atoms with Crippen molar-refractivity contribution < 1.29 is 43.8 Å². The molecule has 0 saturated heterocycles. The van der Waals surface area contributed by atoms with Crippen LogP contribution in [0.25, 0.3) is 0 Å². The Hall–Kier alpha value is -2.85. The van der Waals surface area contributed by atoms with Crippen molar-refractivity contribution in [3.63, 3.8) is 0 Å². The Morgan fingerprint density at radius 3 is 2.55 bits per heavy atom. The Balaban J connectivity index is 0.00000240. The van der Waals surface area contributed by atoms with Gasteiger partial charge in [0.25, 0.3) is 0 Å². The van der Waals surface area contributed by atoms with Crippen molar-refractivity contribution in [2.24, 2.45) is 0 Å². The Labute approximate surface area is 188 Å². The van der Waals surface area contributed by atoms with E-state index in [1.54, 1.807) is 48.6 Å². The summed E-state index contributed by atoms with van der Waals surface area (Å²) in [6.45, 7) is 0. The molecule has 0 aromatic heterocycles. The fourth-order valence-corrected chi connectivity index (χ4v) is 3.03. The van der Waals surface area contributed by atoms with Gasteiger partial charge in [-0.2, -0.15) is 0 Å². The second-order valence-corrected chi connectivity index (χ2v) is 6.58. The van der Waals surface area contributed by atoms with Crippen molar-refractivity contribution in [3.05, 3.63) is 82.9 Å². The zero-order valence-corrected chi connectivity index (χ0v) is 17.9. The van der Waals surface area contributed by atoms with Gasteiger partial charge >= 0.3 is 11.7 Å². The van der Waals surface area contributed by atoms with E-state index in [-0.39, 0.29) is 41.1 Å². The molecular weight excluding hydrogens is 507 g/mol. The topological polar surface area (TPSA) is 86.9 Å². The molecule has 0 bridgehead atoms. The van der Waals surface area contributed by atoms with Crippen molar-refractivity contribution in [3.8, 4) is 5.75 Å². The lowest BCUT2D eigenvalue weighted by atomic mass is 10.0. The average molecular weight is 523 g/mol. The van der Waals surface area contributed by atoms with Crippen LogP contribution in [0.15, 0.2) is 72.3 Å². The molecule has 1 heterocycles. The summed E-state index contributed by atoms with van der Waals surface area (Å²) in [5.41, 5.74) is 4.07. The summed E-state index contributed by atoms with van der Waals surface area (Å²) < 4.78 is 0. The number of aromatic hydroxyl groups is 1. The Kier molecular flexibility index (Phi) is 6.23. The lowest BCUT2D eigenvalue weighted by molar-refractivity contribution is -0.483. The minimum atomic E-state index is -0.505. The second-order valence-electron chi connectivity index (χ2n) is 6.14. The smallest absolute Gasteiger partial charge is 0.329 e. The minimum absolute atomic E-state index is 0. The number of hydrogen-bond donors (Lipinski definition) is 3. The predicted octanol–water partition coefficient (Wildman–Crippen LogP) is -1.72. The number of ketones is 1. The first-order valence-corrected chi connectivity index (χ1v) is 8.92. The van der Waals surface area contributed by atoms with E-state index in [2.05, 4.69) is 10.5 Å². The van der Waals surface area contributed by atoms with Crippen LogP contribution in [0.3, 0.4) is 0 Å². The Morgan fingerprint density at radius 1 is 1.14 bits per heavy atom. The normalized spacial score (nSPS) is 15.4. The molecule has 1 amide bonds. The minimum Gasteiger partial charge on any atom is -1.00 e. The van der Waals surface area contributed by atoms with Gasteiger partial charge in [0.2, 0.25) is 0 Å². The van der Waals surface area contributed by atoms with Crippen molar-refractivity contribution in [1.29, 1.82) is 0 Å². The van der Waals surface area contributed by atoms with Gasteiger partial charge in [-0.05, 0) is 54.0 Å². The third-order valence-electron chi connectivity index (χ3n) is 4.30. The van der Waals surface area contributed by atoms with E-state index in [1.807, 2.05) is 0 Å². The monoisotopic (exact) mass is 522 g/mol. The lowest BCUT2D eigenvalue weighted by Gasteiger charge is -2.21. The second kappa shape index (κ2) is 8.66. The Bertz CT molecular complexity index is 1050. The molecule has 0 fully saturated rings. The number of hydrogen-bond acceptors (Lipinski definition) is 5. The molecule has 0 radical (unpaired) electrons. The number of para-hydroxylation sites is 1. The largest absolute Gasteiger partial charge is 1.00 e. The number of phenols is 1. The number of amides is 1. The molecule has 0 atom stereocenters. The number of carbonyl (C=O) groups excluding carboxylic acids is 2. The fraction of sp³-hybridized carbons (Fsp3) is 0.0500. The maximum atomic E-state index is 13.1. The van der Waals surface area contributed by atoms with E-state index in [1.165, 1.54) is 28.4 Å². The van der Waals surface area contributed by atoms with Gasteiger partial charge in [-0.25, -0.2) is 0 Å². The number of anilines is 1. The molecule has 3 N–H and O–H groups in total.